The Kier molecular flexibility index (Phi) is 4.90. The molecule has 0 aromatic carbocycles. The van der Waals surface area contributed by atoms with Crippen LogP contribution in [0.25, 0.3) is 16.6 Å². The van der Waals surface area contributed by atoms with Gasteiger partial charge in [-0.1, -0.05) is 0 Å². The van der Waals surface area contributed by atoms with Gasteiger partial charge in [-0.15, -0.1) is 0 Å². The standard InChI is InChI=1S/C23H26N4O3/c1-14-9-20(21(13-24-14)30-19-4-2-3-18(28)12-19)16-7-8-27-17(10-16)11-22(26-27)25-23(29)15-5-6-15/h7-11,13,15,18-19,28H,2-6,12H2,1H3,(H,25,26,29)/t18-,19-/m1/s1. The van der Waals surface area contributed by atoms with Crippen LogP contribution in [0.1, 0.15) is 44.2 Å². The summed E-state index contributed by atoms with van der Waals surface area (Å²) < 4.78 is 8.03. The highest BCUT2D eigenvalue weighted by Crippen LogP contribution is 2.34. The van der Waals surface area contributed by atoms with Crippen LogP contribution in [0.15, 0.2) is 36.7 Å². The van der Waals surface area contributed by atoms with Gasteiger partial charge >= 0.3 is 0 Å². The Bertz CT molecular complexity index is 1090. The van der Waals surface area contributed by atoms with Crippen molar-refractivity contribution in [2.75, 3.05) is 5.32 Å². The number of nitrogens with zero attached hydrogens (tertiary/aromatic N) is 3. The smallest absolute Gasteiger partial charge is 0.228 e. The molecule has 0 spiro atoms. The molecule has 30 heavy (non-hydrogen) atoms. The maximum atomic E-state index is 12.0. The second kappa shape index (κ2) is 7.72. The van der Waals surface area contributed by atoms with Crippen molar-refractivity contribution in [3.05, 3.63) is 42.4 Å². The number of aryl methyl sites for hydroxylation is 1. The fourth-order valence-corrected chi connectivity index (χ4v) is 4.07. The summed E-state index contributed by atoms with van der Waals surface area (Å²) in [5.41, 5.74) is 3.77. The molecule has 5 rings (SSSR count). The molecule has 7 heteroatoms. The van der Waals surface area contributed by atoms with E-state index >= 15 is 0 Å². The number of ether oxygens (including phenoxy) is 1. The molecule has 2 N–H and O–H groups in total. The zero-order chi connectivity index (χ0) is 20.7. The fraction of sp³-hybridized carbons (Fsp3) is 0.435. The number of fused-ring (bicyclic) bond motifs is 1. The van der Waals surface area contributed by atoms with E-state index in [1.807, 2.05) is 37.4 Å². The average molecular weight is 406 g/mol. The number of nitrogens with one attached hydrogen (secondary N) is 1. The van der Waals surface area contributed by atoms with Crippen LogP contribution in [0.2, 0.25) is 0 Å². The van der Waals surface area contributed by atoms with E-state index in [2.05, 4.69) is 15.4 Å². The van der Waals surface area contributed by atoms with Gasteiger partial charge in [0, 0.05) is 35.9 Å². The first-order valence-electron chi connectivity index (χ1n) is 10.7. The summed E-state index contributed by atoms with van der Waals surface area (Å²) in [7, 11) is 0. The third-order valence-corrected chi connectivity index (χ3v) is 5.87. The molecule has 3 heterocycles. The van der Waals surface area contributed by atoms with Crippen molar-refractivity contribution in [1.82, 2.24) is 14.6 Å². The molecule has 3 aromatic heterocycles. The maximum Gasteiger partial charge on any atom is 0.228 e. The Morgan fingerprint density at radius 1 is 1.23 bits per heavy atom. The van der Waals surface area contributed by atoms with Crippen molar-refractivity contribution < 1.29 is 14.6 Å². The number of carbonyl (C=O) groups is 1. The highest BCUT2D eigenvalue weighted by Gasteiger charge is 2.30. The molecule has 2 saturated carbocycles. The Balaban J connectivity index is 1.43. The molecular weight excluding hydrogens is 380 g/mol. The molecule has 0 saturated heterocycles. The number of carbonyl (C=O) groups excluding carboxylic acids is 1. The minimum Gasteiger partial charge on any atom is -0.488 e. The van der Waals surface area contributed by atoms with Crippen LogP contribution >= 0.6 is 0 Å². The minimum absolute atomic E-state index is 0.0000525. The summed E-state index contributed by atoms with van der Waals surface area (Å²) in [4.78, 5) is 16.5. The molecule has 156 valence electrons. The van der Waals surface area contributed by atoms with Gasteiger partial charge in [0.1, 0.15) is 11.9 Å². The van der Waals surface area contributed by atoms with Crippen molar-refractivity contribution in [3.8, 4) is 16.9 Å². The monoisotopic (exact) mass is 406 g/mol. The molecule has 2 fully saturated rings. The number of hydrogen-bond acceptors (Lipinski definition) is 5. The second-order valence-electron chi connectivity index (χ2n) is 8.46. The molecule has 3 aromatic rings. The number of amides is 1. The van der Waals surface area contributed by atoms with Crippen molar-refractivity contribution in [3.63, 3.8) is 0 Å². The number of aliphatic hydroxyl groups excluding tert-OH is 1. The first kappa shape index (κ1) is 19.1. The van der Waals surface area contributed by atoms with E-state index in [4.69, 9.17) is 4.74 Å². The maximum absolute atomic E-state index is 12.0. The molecular formula is C23H26N4O3. The molecule has 0 unspecified atom stereocenters. The highest BCUT2D eigenvalue weighted by atomic mass is 16.5. The van der Waals surface area contributed by atoms with Crippen LogP contribution in [-0.4, -0.2) is 37.8 Å². The molecule has 1 amide bonds. The third kappa shape index (κ3) is 4.03. The number of rotatable bonds is 5. The molecule has 2 aliphatic rings. The van der Waals surface area contributed by atoms with Crippen molar-refractivity contribution in [2.45, 2.75) is 57.7 Å². The first-order valence-corrected chi connectivity index (χ1v) is 10.7. The summed E-state index contributed by atoms with van der Waals surface area (Å²) in [5.74, 6) is 1.49. The van der Waals surface area contributed by atoms with Crippen LogP contribution in [-0.2, 0) is 4.79 Å². The van der Waals surface area contributed by atoms with E-state index < -0.39 is 0 Å². The van der Waals surface area contributed by atoms with Crippen LogP contribution in [0.4, 0.5) is 5.82 Å². The Hall–Kier alpha value is -2.93. The van der Waals surface area contributed by atoms with Crippen LogP contribution in [0.3, 0.4) is 0 Å². The SMILES string of the molecule is Cc1cc(-c2ccn3nc(NC(=O)C4CC4)cc3c2)c(O[C@@H]2CCC[C@@H](O)C2)cn1. The lowest BCUT2D eigenvalue weighted by Crippen LogP contribution is -2.28. The lowest BCUT2D eigenvalue weighted by molar-refractivity contribution is -0.117. The number of hydrogen-bond donors (Lipinski definition) is 2. The highest BCUT2D eigenvalue weighted by molar-refractivity contribution is 5.93. The zero-order valence-electron chi connectivity index (χ0n) is 17.0. The summed E-state index contributed by atoms with van der Waals surface area (Å²) in [6.07, 6.45) is 8.70. The number of anilines is 1. The molecule has 2 aliphatic carbocycles. The zero-order valence-corrected chi connectivity index (χ0v) is 17.0. The fourth-order valence-electron chi connectivity index (χ4n) is 4.07. The lowest BCUT2D eigenvalue weighted by Gasteiger charge is -2.27. The Morgan fingerprint density at radius 3 is 2.90 bits per heavy atom. The molecule has 0 bridgehead atoms. The van der Waals surface area contributed by atoms with Gasteiger partial charge in [0.2, 0.25) is 5.91 Å². The quantitative estimate of drug-likeness (QED) is 0.674. The number of aromatic nitrogens is 3. The number of pyridine rings is 2. The summed E-state index contributed by atoms with van der Waals surface area (Å²) >= 11 is 0. The first-order chi connectivity index (χ1) is 14.5. The third-order valence-electron chi connectivity index (χ3n) is 5.87. The average Bonchev–Trinajstić information content (AvgIpc) is 3.50. The predicted molar refractivity (Wildman–Crippen MR) is 113 cm³/mol. The van der Waals surface area contributed by atoms with Gasteiger partial charge in [-0.3, -0.25) is 9.78 Å². The van der Waals surface area contributed by atoms with E-state index in [0.717, 1.165) is 60.2 Å². The Labute approximate surface area is 175 Å². The molecule has 7 nitrogen and oxygen atoms in total. The molecule has 2 atom stereocenters. The van der Waals surface area contributed by atoms with Gasteiger partial charge in [-0.05, 0) is 62.8 Å². The largest absolute Gasteiger partial charge is 0.488 e. The predicted octanol–water partition coefficient (Wildman–Crippen LogP) is 3.74. The van der Waals surface area contributed by atoms with Gasteiger partial charge < -0.3 is 15.2 Å². The summed E-state index contributed by atoms with van der Waals surface area (Å²) in [5, 5.41) is 17.3. The lowest BCUT2D eigenvalue weighted by atomic mass is 9.95. The van der Waals surface area contributed by atoms with Crippen molar-refractivity contribution >= 4 is 17.2 Å². The van der Waals surface area contributed by atoms with Gasteiger partial charge in [-0.2, -0.15) is 5.10 Å². The summed E-state index contributed by atoms with van der Waals surface area (Å²) in [6.45, 7) is 1.96. The van der Waals surface area contributed by atoms with E-state index in [1.165, 1.54) is 0 Å². The van der Waals surface area contributed by atoms with Gasteiger partial charge in [0.25, 0.3) is 0 Å². The van der Waals surface area contributed by atoms with E-state index in [9.17, 15) is 9.90 Å². The molecule has 0 aliphatic heterocycles. The van der Waals surface area contributed by atoms with Crippen LogP contribution in [0, 0.1) is 12.8 Å². The van der Waals surface area contributed by atoms with E-state index in [-0.39, 0.29) is 24.0 Å². The number of aliphatic hydroxyl groups is 1. The minimum atomic E-state index is -0.293. The second-order valence-corrected chi connectivity index (χ2v) is 8.46. The normalized spacial score (nSPS) is 21.5. The van der Waals surface area contributed by atoms with Gasteiger partial charge in [0.05, 0.1) is 17.8 Å². The van der Waals surface area contributed by atoms with Crippen molar-refractivity contribution in [1.29, 1.82) is 0 Å². The van der Waals surface area contributed by atoms with E-state index in [1.54, 1.807) is 10.7 Å². The van der Waals surface area contributed by atoms with E-state index in [0.29, 0.717) is 12.2 Å². The van der Waals surface area contributed by atoms with Gasteiger partial charge in [0.15, 0.2) is 5.82 Å². The Morgan fingerprint density at radius 2 is 2.10 bits per heavy atom. The van der Waals surface area contributed by atoms with Crippen molar-refractivity contribution in [2.24, 2.45) is 5.92 Å². The topological polar surface area (TPSA) is 88.8 Å². The van der Waals surface area contributed by atoms with Crippen LogP contribution < -0.4 is 10.1 Å². The van der Waals surface area contributed by atoms with Gasteiger partial charge in [-0.25, -0.2) is 4.52 Å². The summed E-state index contributed by atoms with van der Waals surface area (Å²) in [6, 6.07) is 7.93. The molecule has 0 radical (unpaired) electrons. The van der Waals surface area contributed by atoms with Crippen LogP contribution in [0.5, 0.6) is 5.75 Å².